The van der Waals surface area contributed by atoms with Crippen LogP contribution in [0.2, 0.25) is 0 Å². The molecule has 0 saturated heterocycles. The highest BCUT2D eigenvalue weighted by molar-refractivity contribution is 5.58. The minimum Gasteiger partial charge on any atom is -0.396 e. The van der Waals surface area contributed by atoms with Crippen molar-refractivity contribution >= 4 is 11.6 Å². The molecule has 102 valence electrons. The number of unbranched alkanes of at least 4 members (excludes halogenated alkanes) is 2. The fourth-order valence-electron chi connectivity index (χ4n) is 1.90. The van der Waals surface area contributed by atoms with Gasteiger partial charge in [-0.2, -0.15) is 0 Å². The maximum atomic E-state index is 8.72. The Morgan fingerprint density at radius 3 is 2.50 bits per heavy atom. The maximum Gasteiger partial charge on any atom is 0.134 e. The van der Waals surface area contributed by atoms with Crippen LogP contribution >= 0.6 is 0 Å². The van der Waals surface area contributed by atoms with Crippen LogP contribution in [-0.2, 0) is 0 Å². The molecule has 5 nitrogen and oxygen atoms in total. The second kappa shape index (κ2) is 7.87. The fourth-order valence-corrected chi connectivity index (χ4v) is 1.90. The monoisotopic (exact) mass is 252 g/mol. The van der Waals surface area contributed by atoms with E-state index < -0.39 is 0 Å². The summed E-state index contributed by atoms with van der Waals surface area (Å²) in [5, 5.41) is 15.2. The van der Waals surface area contributed by atoms with Crippen molar-refractivity contribution < 1.29 is 5.11 Å². The van der Waals surface area contributed by atoms with E-state index in [1.54, 1.807) is 6.33 Å². The van der Waals surface area contributed by atoms with Crippen LogP contribution in [0.4, 0.5) is 11.6 Å². The number of hydrogen-bond acceptors (Lipinski definition) is 5. The van der Waals surface area contributed by atoms with E-state index >= 15 is 0 Å². The van der Waals surface area contributed by atoms with Crippen molar-refractivity contribution in [2.75, 3.05) is 30.8 Å². The van der Waals surface area contributed by atoms with Crippen molar-refractivity contribution in [3.8, 4) is 0 Å². The highest BCUT2D eigenvalue weighted by Gasteiger charge is 2.13. The van der Waals surface area contributed by atoms with Gasteiger partial charge in [0, 0.05) is 25.8 Å². The second-order valence-corrected chi connectivity index (χ2v) is 4.60. The first-order valence-electron chi connectivity index (χ1n) is 6.58. The molecule has 0 aliphatic rings. The predicted octanol–water partition coefficient (Wildman–Crippen LogP) is 2.22. The van der Waals surface area contributed by atoms with Gasteiger partial charge in [0.1, 0.15) is 18.0 Å². The van der Waals surface area contributed by atoms with Crippen LogP contribution in [0.1, 0.15) is 44.6 Å². The Kier molecular flexibility index (Phi) is 6.43. The van der Waals surface area contributed by atoms with E-state index in [1.165, 1.54) is 0 Å². The van der Waals surface area contributed by atoms with Gasteiger partial charge in [-0.05, 0) is 25.2 Å². The number of nitrogens with zero attached hydrogens (tertiary/aromatic N) is 2. The number of hydrogen-bond donors (Lipinski definition) is 3. The van der Waals surface area contributed by atoms with Crippen LogP contribution in [-0.4, -0.2) is 35.3 Å². The average molecular weight is 252 g/mol. The van der Waals surface area contributed by atoms with Crippen LogP contribution in [0.25, 0.3) is 0 Å². The lowest BCUT2D eigenvalue weighted by molar-refractivity contribution is 0.283. The summed E-state index contributed by atoms with van der Waals surface area (Å²) in [5.74, 6) is 2.17. The quantitative estimate of drug-likeness (QED) is 0.619. The Hall–Kier alpha value is -1.36. The first-order valence-corrected chi connectivity index (χ1v) is 6.58. The molecule has 5 heteroatoms. The maximum absolute atomic E-state index is 8.72. The Bertz CT molecular complexity index is 355. The number of aliphatic hydroxyl groups is 1. The van der Waals surface area contributed by atoms with E-state index in [0.717, 1.165) is 43.0 Å². The number of aliphatic hydroxyl groups excluding tert-OH is 1. The van der Waals surface area contributed by atoms with E-state index in [4.69, 9.17) is 5.11 Å². The van der Waals surface area contributed by atoms with Gasteiger partial charge in [0.05, 0.1) is 0 Å². The standard InChI is InChI=1S/C13H24N4O/c1-10(2)11-12(14-3)16-9-17-13(11)15-7-5-4-6-8-18/h9-10,18H,4-8H2,1-3H3,(H2,14,15,16,17). The molecule has 18 heavy (non-hydrogen) atoms. The van der Waals surface area contributed by atoms with Crippen molar-refractivity contribution in [3.63, 3.8) is 0 Å². The van der Waals surface area contributed by atoms with Crippen molar-refractivity contribution in [1.82, 2.24) is 9.97 Å². The van der Waals surface area contributed by atoms with Gasteiger partial charge in [-0.15, -0.1) is 0 Å². The van der Waals surface area contributed by atoms with Crippen LogP contribution in [0.15, 0.2) is 6.33 Å². The van der Waals surface area contributed by atoms with Gasteiger partial charge >= 0.3 is 0 Å². The van der Waals surface area contributed by atoms with Gasteiger partial charge in [0.25, 0.3) is 0 Å². The minimum atomic E-state index is 0.272. The molecule has 1 aromatic heterocycles. The molecule has 0 saturated carbocycles. The molecule has 0 aromatic carbocycles. The molecular weight excluding hydrogens is 228 g/mol. The van der Waals surface area contributed by atoms with Gasteiger partial charge in [-0.1, -0.05) is 13.8 Å². The van der Waals surface area contributed by atoms with Gasteiger partial charge in [0.15, 0.2) is 0 Å². The average Bonchev–Trinajstić information content (AvgIpc) is 2.37. The number of rotatable bonds is 8. The fraction of sp³-hybridized carbons (Fsp3) is 0.692. The third-order valence-corrected chi connectivity index (χ3v) is 2.83. The summed E-state index contributed by atoms with van der Waals surface area (Å²) in [7, 11) is 1.87. The van der Waals surface area contributed by atoms with Crippen molar-refractivity contribution in [3.05, 3.63) is 11.9 Å². The van der Waals surface area contributed by atoms with Crippen molar-refractivity contribution in [1.29, 1.82) is 0 Å². The Balaban J connectivity index is 2.64. The van der Waals surface area contributed by atoms with Crippen molar-refractivity contribution in [2.45, 2.75) is 39.0 Å². The summed E-state index contributed by atoms with van der Waals surface area (Å²) in [5.41, 5.74) is 1.13. The molecule has 1 heterocycles. The topological polar surface area (TPSA) is 70.1 Å². The zero-order chi connectivity index (χ0) is 13.4. The van der Waals surface area contributed by atoms with Crippen LogP contribution < -0.4 is 10.6 Å². The van der Waals surface area contributed by atoms with Crippen LogP contribution in [0.3, 0.4) is 0 Å². The van der Waals surface area contributed by atoms with Gasteiger partial charge in [-0.3, -0.25) is 0 Å². The Morgan fingerprint density at radius 1 is 1.17 bits per heavy atom. The summed E-state index contributed by atoms with van der Waals surface area (Å²) < 4.78 is 0. The molecule has 0 fully saturated rings. The van der Waals surface area contributed by atoms with E-state index in [2.05, 4.69) is 34.4 Å². The molecular formula is C13H24N4O. The first kappa shape index (κ1) is 14.7. The molecule has 0 radical (unpaired) electrons. The van der Waals surface area contributed by atoms with Gasteiger partial charge in [0.2, 0.25) is 0 Å². The molecule has 0 unspecified atom stereocenters. The van der Waals surface area contributed by atoms with Gasteiger partial charge < -0.3 is 15.7 Å². The number of nitrogens with one attached hydrogen (secondary N) is 2. The molecule has 1 aromatic rings. The van der Waals surface area contributed by atoms with Crippen LogP contribution in [0.5, 0.6) is 0 Å². The first-order chi connectivity index (χ1) is 8.70. The zero-order valence-corrected chi connectivity index (χ0v) is 11.5. The Labute approximate surface area is 109 Å². The lowest BCUT2D eigenvalue weighted by atomic mass is 10.0. The lowest BCUT2D eigenvalue weighted by Crippen LogP contribution is -2.10. The number of aromatic nitrogens is 2. The Morgan fingerprint density at radius 2 is 1.89 bits per heavy atom. The minimum absolute atomic E-state index is 0.272. The highest BCUT2D eigenvalue weighted by Crippen LogP contribution is 2.27. The van der Waals surface area contributed by atoms with Gasteiger partial charge in [-0.25, -0.2) is 9.97 Å². The summed E-state index contributed by atoms with van der Waals surface area (Å²) in [4.78, 5) is 8.56. The SMILES string of the molecule is CNc1ncnc(NCCCCCO)c1C(C)C. The van der Waals surface area contributed by atoms with E-state index in [9.17, 15) is 0 Å². The summed E-state index contributed by atoms with van der Waals surface area (Å²) in [6.07, 6.45) is 4.51. The normalized spacial score (nSPS) is 10.7. The van der Waals surface area contributed by atoms with Crippen LogP contribution in [0, 0.1) is 0 Å². The molecule has 0 aliphatic carbocycles. The summed E-state index contributed by atoms with van der Waals surface area (Å²) in [6.45, 7) is 5.42. The zero-order valence-electron chi connectivity index (χ0n) is 11.5. The molecule has 0 aliphatic heterocycles. The van der Waals surface area contributed by atoms with E-state index in [-0.39, 0.29) is 6.61 Å². The largest absolute Gasteiger partial charge is 0.396 e. The molecule has 0 amide bonds. The summed E-state index contributed by atoms with van der Waals surface area (Å²) >= 11 is 0. The highest BCUT2D eigenvalue weighted by atomic mass is 16.2. The number of anilines is 2. The second-order valence-electron chi connectivity index (χ2n) is 4.60. The third kappa shape index (κ3) is 4.14. The summed E-state index contributed by atoms with van der Waals surface area (Å²) in [6, 6.07) is 0. The molecule has 0 atom stereocenters. The smallest absolute Gasteiger partial charge is 0.134 e. The molecule has 1 rings (SSSR count). The third-order valence-electron chi connectivity index (χ3n) is 2.83. The van der Waals surface area contributed by atoms with E-state index in [1.807, 2.05) is 7.05 Å². The predicted molar refractivity (Wildman–Crippen MR) is 75.1 cm³/mol. The molecule has 0 spiro atoms. The lowest BCUT2D eigenvalue weighted by Gasteiger charge is -2.16. The van der Waals surface area contributed by atoms with E-state index in [0.29, 0.717) is 5.92 Å². The van der Waals surface area contributed by atoms with Crippen molar-refractivity contribution in [2.24, 2.45) is 0 Å². The molecule has 3 N–H and O–H groups in total. The molecule has 0 bridgehead atoms.